The lowest BCUT2D eigenvalue weighted by Gasteiger charge is -2.33. The third-order valence-electron chi connectivity index (χ3n) is 7.15. The Kier molecular flexibility index (Phi) is 9.70. The Labute approximate surface area is 232 Å². The van der Waals surface area contributed by atoms with Crippen LogP contribution in [-0.2, 0) is 16.0 Å². The molecule has 0 spiro atoms. The fraction of sp³-hybridized carbons (Fsp3) is 0.577. The minimum Gasteiger partial charge on any atom is -0.338 e. The van der Waals surface area contributed by atoms with Gasteiger partial charge in [0, 0.05) is 19.9 Å². The van der Waals surface area contributed by atoms with E-state index < -0.39 is 72.9 Å². The normalized spacial score (nSPS) is 17.0. The maximum atomic E-state index is 15.1. The molecule has 3 amide bonds. The van der Waals surface area contributed by atoms with Gasteiger partial charge in [0.2, 0.25) is 17.7 Å². The molecule has 2 aromatic rings. The first kappa shape index (κ1) is 31.9. The molecule has 15 heteroatoms. The van der Waals surface area contributed by atoms with Crippen molar-refractivity contribution in [2.24, 2.45) is 5.92 Å². The molecule has 3 rings (SSSR count). The zero-order valence-corrected chi connectivity index (χ0v) is 22.9. The van der Waals surface area contributed by atoms with E-state index in [-0.39, 0.29) is 35.5 Å². The topological polar surface area (TPSA) is 117 Å². The molecule has 2 atom stereocenters. The number of amides is 3. The van der Waals surface area contributed by atoms with Gasteiger partial charge in [0.1, 0.15) is 24.1 Å². The highest BCUT2D eigenvalue weighted by Crippen LogP contribution is 2.38. The van der Waals surface area contributed by atoms with Crippen LogP contribution in [0.4, 0.5) is 32.0 Å². The highest BCUT2D eigenvalue weighted by molar-refractivity contribution is 6.01. The number of nitrogens with one attached hydrogen (secondary N) is 2. The number of nitrogens with zero attached hydrogens (tertiary/aromatic N) is 3. The van der Waals surface area contributed by atoms with Gasteiger partial charge >= 0.3 is 6.18 Å². The number of aryl methyl sites for hydroxylation is 2. The van der Waals surface area contributed by atoms with Crippen molar-refractivity contribution in [2.45, 2.75) is 76.9 Å². The van der Waals surface area contributed by atoms with Crippen molar-refractivity contribution in [3.8, 4) is 0 Å². The van der Waals surface area contributed by atoms with Crippen LogP contribution >= 0.6 is 0 Å². The molecule has 0 radical (unpaired) electrons. The summed E-state index contributed by atoms with van der Waals surface area (Å²) in [6.07, 6.45) is -5.49. The van der Waals surface area contributed by atoms with Crippen LogP contribution in [0, 0.1) is 18.7 Å². The van der Waals surface area contributed by atoms with Gasteiger partial charge in [-0.1, -0.05) is 12.1 Å². The standard InChI is InChI=1S/C26H31F6N5O4/c1-5-18-21(36-41-35-18)23(39)34-20(15-6-8-25(28,29)9-7-15)22(38)33-19-10-13(2)16(11-17(19)27)14(3)24(40)37(4)12-26(30,31)32/h10-11,14-15,20H,5-9,12H2,1-4H3,(H,33,38)(H,34,39)/t14?,20-/m0/s1. The lowest BCUT2D eigenvalue weighted by molar-refractivity contribution is -0.159. The quantitative estimate of drug-likeness (QED) is 0.406. The monoisotopic (exact) mass is 591 g/mol. The fourth-order valence-corrected chi connectivity index (χ4v) is 4.89. The van der Waals surface area contributed by atoms with E-state index >= 15 is 4.39 Å². The molecule has 0 bridgehead atoms. The number of hydrogen-bond acceptors (Lipinski definition) is 6. The summed E-state index contributed by atoms with van der Waals surface area (Å²) in [6.45, 7) is 3.05. The molecule has 1 aliphatic rings. The Hall–Kier alpha value is -3.65. The van der Waals surface area contributed by atoms with Gasteiger partial charge in [-0.3, -0.25) is 14.4 Å². The third-order valence-corrected chi connectivity index (χ3v) is 7.15. The summed E-state index contributed by atoms with van der Waals surface area (Å²) in [5, 5.41) is 12.0. The molecule has 1 saturated carbocycles. The van der Waals surface area contributed by atoms with Gasteiger partial charge in [0.05, 0.1) is 11.6 Å². The van der Waals surface area contributed by atoms with Crippen molar-refractivity contribution in [1.82, 2.24) is 20.5 Å². The van der Waals surface area contributed by atoms with Crippen molar-refractivity contribution in [3.05, 3.63) is 40.5 Å². The number of anilines is 1. The van der Waals surface area contributed by atoms with E-state index in [9.17, 15) is 36.3 Å². The summed E-state index contributed by atoms with van der Waals surface area (Å²) >= 11 is 0. The van der Waals surface area contributed by atoms with Crippen LogP contribution in [0.1, 0.15) is 72.8 Å². The second-order valence-corrected chi connectivity index (χ2v) is 10.3. The smallest absolute Gasteiger partial charge is 0.338 e. The summed E-state index contributed by atoms with van der Waals surface area (Å²) in [5.41, 5.74) is 0.148. The molecule has 1 aromatic heterocycles. The van der Waals surface area contributed by atoms with Gasteiger partial charge in [-0.25, -0.2) is 17.8 Å². The lowest BCUT2D eigenvalue weighted by atomic mass is 9.81. The number of aromatic nitrogens is 2. The maximum Gasteiger partial charge on any atom is 0.406 e. The molecule has 0 saturated heterocycles. The Bertz CT molecular complexity index is 1270. The van der Waals surface area contributed by atoms with Crippen LogP contribution in [0.5, 0.6) is 0 Å². The number of alkyl halides is 5. The minimum absolute atomic E-state index is 0.0887. The molecule has 1 fully saturated rings. The van der Waals surface area contributed by atoms with Gasteiger partial charge in [0.15, 0.2) is 5.69 Å². The number of hydrogen-bond donors (Lipinski definition) is 2. The van der Waals surface area contributed by atoms with Crippen LogP contribution in [0.2, 0.25) is 0 Å². The van der Waals surface area contributed by atoms with E-state index in [0.717, 1.165) is 13.1 Å². The zero-order chi connectivity index (χ0) is 30.7. The molecule has 1 aliphatic carbocycles. The Morgan fingerprint density at radius 1 is 1.17 bits per heavy atom. The highest BCUT2D eigenvalue weighted by Gasteiger charge is 2.41. The number of benzene rings is 1. The molecule has 1 aromatic carbocycles. The molecule has 41 heavy (non-hydrogen) atoms. The summed E-state index contributed by atoms with van der Waals surface area (Å²) in [5.74, 6) is -8.28. The lowest BCUT2D eigenvalue weighted by Crippen LogP contribution is -2.50. The highest BCUT2D eigenvalue weighted by atomic mass is 19.4. The van der Waals surface area contributed by atoms with E-state index in [1.54, 1.807) is 6.92 Å². The Morgan fingerprint density at radius 3 is 2.39 bits per heavy atom. The molecule has 0 aliphatic heterocycles. The van der Waals surface area contributed by atoms with Crippen LogP contribution in [-0.4, -0.2) is 64.7 Å². The summed E-state index contributed by atoms with van der Waals surface area (Å²) in [4.78, 5) is 39.2. The van der Waals surface area contributed by atoms with Gasteiger partial charge < -0.3 is 15.5 Å². The molecular formula is C26H31F6N5O4. The first-order valence-corrected chi connectivity index (χ1v) is 13.0. The van der Waals surface area contributed by atoms with Crippen molar-refractivity contribution in [2.75, 3.05) is 18.9 Å². The van der Waals surface area contributed by atoms with Crippen LogP contribution in [0.25, 0.3) is 0 Å². The summed E-state index contributed by atoms with van der Waals surface area (Å²) in [7, 11) is 0.987. The Balaban J connectivity index is 1.83. The van der Waals surface area contributed by atoms with Crippen LogP contribution in [0.3, 0.4) is 0 Å². The number of likely N-dealkylation sites (N-methyl/N-ethyl adjacent to an activating group) is 1. The number of carbonyl (C=O) groups is 3. The van der Waals surface area contributed by atoms with E-state index in [1.807, 2.05) is 0 Å². The van der Waals surface area contributed by atoms with Crippen LogP contribution in [0.15, 0.2) is 16.8 Å². The average Bonchev–Trinajstić information content (AvgIpc) is 3.36. The third kappa shape index (κ3) is 7.97. The van der Waals surface area contributed by atoms with Crippen LogP contribution < -0.4 is 10.6 Å². The number of halogens is 6. The maximum absolute atomic E-state index is 15.1. The van der Waals surface area contributed by atoms with Gasteiger partial charge in [0.25, 0.3) is 5.91 Å². The van der Waals surface area contributed by atoms with E-state index in [2.05, 4.69) is 25.6 Å². The van der Waals surface area contributed by atoms with Crippen molar-refractivity contribution in [1.29, 1.82) is 0 Å². The minimum atomic E-state index is -4.61. The van der Waals surface area contributed by atoms with Crippen molar-refractivity contribution >= 4 is 23.4 Å². The van der Waals surface area contributed by atoms with Gasteiger partial charge in [-0.2, -0.15) is 13.2 Å². The molecule has 9 nitrogen and oxygen atoms in total. The Morgan fingerprint density at radius 2 is 1.80 bits per heavy atom. The average molecular weight is 592 g/mol. The number of rotatable bonds is 9. The van der Waals surface area contributed by atoms with E-state index in [0.29, 0.717) is 16.9 Å². The SMILES string of the molecule is CCc1nonc1C(=O)N[C@H](C(=O)Nc1cc(C)c(C(C)C(=O)N(C)CC(F)(F)F)cc1F)C1CCC(F)(F)CC1. The zero-order valence-electron chi connectivity index (χ0n) is 22.9. The predicted molar refractivity (Wildman–Crippen MR) is 134 cm³/mol. The fourth-order valence-electron chi connectivity index (χ4n) is 4.89. The molecule has 2 N–H and O–H groups in total. The molecule has 226 valence electrons. The van der Waals surface area contributed by atoms with E-state index in [1.165, 1.54) is 19.9 Å². The van der Waals surface area contributed by atoms with Gasteiger partial charge in [-0.05, 0) is 67.4 Å². The summed E-state index contributed by atoms with van der Waals surface area (Å²) < 4.78 is 85.5. The van der Waals surface area contributed by atoms with Gasteiger partial charge in [-0.15, -0.1) is 0 Å². The first-order chi connectivity index (χ1) is 19.0. The predicted octanol–water partition coefficient (Wildman–Crippen LogP) is 4.77. The first-order valence-electron chi connectivity index (χ1n) is 13.0. The molecular weight excluding hydrogens is 560 g/mol. The van der Waals surface area contributed by atoms with Crippen molar-refractivity contribution < 1.29 is 45.4 Å². The molecule has 1 heterocycles. The second-order valence-electron chi connectivity index (χ2n) is 10.3. The summed E-state index contributed by atoms with van der Waals surface area (Å²) in [6, 6.07) is 0.815. The second kappa shape index (κ2) is 12.5. The largest absolute Gasteiger partial charge is 0.406 e. The number of carbonyl (C=O) groups excluding carboxylic acids is 3. The van der Waals surface area contributed by atoms with E-state index in [4.69, 9.17) is 0 Å². The molecule has 1 unspecified atom stereocenters. The van der Waals surface area contributed by atoms with Crippen molar-refractivity contribution in [3.63, 3.8) is 0 Å².